The van der Waals surface area contributed by atoms with Crippen LogP contribution in [0.5, 0.6) is 0 Å². The van der Waals surface area contributed by atoms with E-state index in [9.17, 15) is 4.79 Å². The highest BCUT2D eigenvalue weighted by Crippen LogP contribution is 2.23. The number of rotatable bonds is 3. The van der Waals surface area contributed by atoms with Gasteiger partial charge in [-0.1, -0.05) is 19.3 Å². The van der Waals surface area contributed by atoms with Gasteiger partial charge in [0.1, 0.15) is 6.33 Å². The largest absolute Gasteiger partial charge is 0.462 e. The number of aromatic nitrogens is 2. The zero-order chi connectivity index (χ0) is 11.2. The van der Waals surface area contributed by atoms with Crippen LogP contribution in [-0.4, -0.2) is 22.5 Å². The average Bonchev–Trinajstić information content (AvgIpc) is 2.38. The van der Waals surface area contributed by atoms with Gasteiger partial charge in [0, 0.05) is 12.4 Å². The number of carbonyl (C=O) groups excluding carboxylic acids is 1. The summed E-state index contributed by atoms with van der Waals surface area (Å²) in [6, 6.07) is 0. The maximum Gasteiger partial charge on any atom is 0.341 e. The fourth-order valence-corrected chi connectivity index (χ4v) is 2.04. The molecule has 0 atom stereocenters. The molecule has 0 unspecified atom stereocenters. The molecule has 4 heteroatoms. The summed E-state index contributed by atoms with van der Waals surface area (Å²) in [7, 11) is 0. The lowest BCUT2D eigenvalue weighted by atomic mass is 9.90. The third-order valence-corrected chi connectivity index (χ3v) is 2.97. The molecule has 0 N–H and O–H groups in total. The van der Waals surface area contributed by atoms with Gasteiger partial charge in [-0.3, -0.25) is 0 Å². The van der Waals surface area contributed by atoms with E-state index in [1.807, 2.05) is 0 Å². The minimum absolute atomic E-state index is 0.314. The first-order valence-corrected chi connectivity index (χ1v) is 5.78. The van der Waals surface area contributed by atoms with Gasteiger partial charge in [0.2, 0.25) is 0 Å². The summed E-state index contributed by atoms with van der Waals surface area (Å²) in [4.78, 5) is 19.2. The Balaban J connectivity index is 1.79. The van der Waals surface area contributed by atoms with Crippen LogP contribution >= 0.6 is 0 Å². The lowest BCUT2D eigenvalue weighted by Crippen LogP contribution is -2.17. The van der Waals surface area contributed by atoms with Gasteiger partial charge in [0.15, 0.2) is 0 Å². The predicted octanol–water partition coefficient (Wildman–Crippen LogP) is 2.21. The molecule has 16 heavy (non-hydrogen) atoms. The smallest absolute Gasteiger partial charge is 0.341 e. The van der Waals surface area contributed by atoms with E-state index in [0.29, 0.717) is 18.1 Å². The van der Waals surface area contributed by atoms with Crippen molar-refractivity contribution in [2.24, 2.45) is 5.92 Å². The molecule has 0 saturated heterocycles. The first kappa shape index (κ1) is 11.0. The zero-order valence-electron chi connectivity index (χ0n) is 9.26. The highest BCUT2D eigenvalue weighted by molar-refractivity contribution is 5.88. The maximum absolute atomic E-state index is 11.6. The van der Waals surface area contributed by atoms with E-state index in [0.717, 1.165) is 0 Å². The van der Waals surface area contributed by atoms with E-state index in [-0.39, 0.29) is 5.97 Å². The van der Waals surface area contributed by atoms with Crippen molar-refractivity contribution in [1.29, 1.82) is 0 Å². The molecule has 1 aliphatic carbocycles. The predicted molar refractivity (Wildman–Crippen MR) is 58.9 cm³/mol. The van der Waals surface area contributed by atoms with E-state index < -0.39 is 0 Å². The Bertz CT molecular complexity index is 334. The summed E-state index contributed by atoms with van der Waals surface area (Å²) in [6.45, 7) is 0.535. The van der Waals surface area contributed by atoms with E-state index >= 15 is 0 Å². The highest BCUT2D eigenvalue weighted by atomic mass is 16.5. The van der Waals surface area contributed by atoms with E-state index in [2.05, 4.69) is 9.97 Å². The van der Waals surface area contributed by atoms with Crippen LogP contribution in [0.1, 0.15) is 42.5 Å². The Morgan fingerprint density at radius 1 is 1.25 bits per heavy atom. The number of nitrogens with zero attached hydrogens (tertiary/aromatic N) is 2. The summed E-state index contributed by atoms with van der Waals surface area (Å²) in [5.74, 6) is 0.230. The van der Waals surface area contributed by atoms with Crippen molar-refractivity contribution >= 4 is 5.97 Å². The number of hydrogen-bond donors (Lipinski definition) is 0. The number of hydrogen-bond acceptors (Lipinski definition) is 4. The van der Waals surface area contributed by atoms with Crippen LogP contribution in [-0.2, 0) is 4.74 Å². The molecule has 0 amide bonds. The summed E-state index contributed by atoms with van der Waals surface area (Å²) >= 11 is 0. The first-order chi connectivity index (χ1) is 7.86. The van der Waals surface area contributed by atoms with E-state index in [1.54, 1.807) is 0 Å². The van der Waals surface area contributed by atoms with Crippen LogP contribution in [0.25, 0.3) is 0 Å². The quantitative estimate of drug-likeness (QED) is 0.733. The molecule has 0 spiro atoms. The molecule has 0 aromatic carbocycles. The summed E-state index contributed by atoms with van der Waals surface area (Å²) < 4.78 is 5.25. The van der Waals surface area contributed by atoms with Gasteiger partial charge in [-0.2, -0.15) is 0 Å². The van der Waals surface area contributed by atoms with Crippen molar-refractivity contribution in [2.45, 2.75) is 32.1 Å². The van der Waals surface area contributed by atoms with Gasteiger partial charge in [0.05, 0.1) is 12.2 Å². The van der Waals surface area contributed by atoms with Gasteiger partial charge >= 0.3 is 5.97 Å². The molecular formula is C12H16N2O2. The molecule has 1 aromatic rings. The Labute approximate surface area is 95.1 Å². The minimum Gasteiger partial charge on any atom is -0.462 e. The van der Waals surface area contributed by atoms with Crippen molar-refractivity contribution in [3.63, 3.8) is 0 Å². The molecule has 2 rings (SSSR count). The molecule has 0 radical (unpaired) electrons. The van der Waals surface area contributed by atoms with E-state index in [1.165, 1.54) is 50.8 Å². The van der Waals surface area contributed by atoms with Gasteiger partial charge in [0.25, 0.3) is 0 Å². The van der Waals surface area contributed by atoms with Crippen LogP contribution in [0.2, 0.25) is 0 Å². The Morgan fingerprint density at radius 3 is 2.62 bits per heavy atom. The molecule has 4 nitrogen and oxygen atoms in total. The number of ether oxygens (including phenoxy) is 1. The first-order valence-electron chi connectivity index (χ1n) is 5.78. The number of carbonyl (C=O) groups is 1. The molecule has 1 fully saturated rings. The molecule has 1 heterocycles. The fraction of sp³-hybridized carbons (Fsp3) is 0.583. The third kappa shape index (κ3) is 3.02. The van der Waals surface area contributed by atoms with Crippen LogP contribution in [0.15, 0.2) is 18.7 Å². The molecule has 1 aliphatic rings. The van der Waals surface area contributed by atoms with Crippen molar-refractivity contribution in [3.8, 4) is 0 Å². The molecule has 0 bridgehead atoms. The van der Waals surface area contributed by atoms with Gasteiger partial charge < -0.3 is 4.74 Å². The zero-order valence-corrected chi connectivity index (χ0v) is 9.26. The molecule has 0 aliphatic heterocycles. The maximum atomic E-state index is 11.6. The topological polar surface area (TPSA) is 52.1 Å². The number of esters is 1. The molecule has 1 saturated carbocycles. The van der Waals surface area contributed by atoms with Crippen molar-refractivity contribution < 1.29 is 9.53 Å². The van der Waals surface area contributed by atoms with Crippen LogP contribution < -0.4 is 0 Å². The SMILES string of the molecule is O=C(OCC1CCCCC1)c1cncnc1. The van der Waals surface area contributed by atoms with Gasteiger partial charge in [-0.25, -0.2) is 14.8 Å². The second-order valence-corrected chi connectivity index (χ2v) is 4.23. The lowest BCUT2D eigenvalue weighted by Gasteiger charge is -2.20. The fourth-order valence-electron chi connectivity index (χ4n) is 2.04. The molecular weight excluding hydrogens is 204 g/mol. The minimum atomic E-state index is -0.314. The summed E-state index contributed by atoms with van der Waals surface area (Å²) in [5, 5.41) is 0. The lowest BCUT2D eigenvalue weighted by molar-refractivity contribution is 0.0409. The second kappa shape index (κ2) is 5.58. The monoisotopic (exact) mass is 220 g/mol. The molecule has 86 valence electrons. The normalized spacial score (nSPS) is 17.0. The van der Waals surface area contributed by atoms with Gasteiger partial charge in [-0.05, 0) is 18.8 Å². The van der Waals surface area contributed by atoms with Crippen molar-refractivity contribution in [2.75, 3.05) is 6.61 Å². The summed E-state index contributed by atoms with van der Waals surface area (Å²) in [6.07, 6.45) is 10.6. The van der Waals surface area contributed by atoms with Crippen molar-refractivity contribution in [1.82, 2.24) is 9.97 Å². The Kier molecular flexibility index (Phi) is 3.86. The Hall–Kier alpha value is -1.45. The third-order valence-electron chi connectivity index (χ3n) is 2.97. The molecule has 1 aromatic heterocycles. The highest BCUT2D eigenvalue weighted by Gasteiger charge is 2.16. The standard InChI is InChI=1S/C12H16N2O2/c15-12(11-6-13-9-14-7-11)16-8-10-4-2-1-3-5-10/h6-7,9-10H,1-5,8H2. The van der Waals surface area contributed by atoms with Crippen LogP contribution in [0, 0.1) is 5.92 Å². The van der Waals surface area contributed by atoms with Crippen LogP contribution in [0.3, 0.4) is 0 Å². The van der Waals surface area contributed by atoms with E-state index in [4.69, 9.17) is 4.74 Å². The second-order valence-electron chi connectivity index (χ2n) is 4.23. The van der Waals surface area contributed by atoms with Gasteiger partial charge in [-0.15, -0.1) is 0 Å². The van der Waals surface area contributed by atoms with Crippen LogP contribution in [0.4, 0.5) is 0 Å². The summed E-state index contributed by atoms with van der Waals surface area (Å²) in [5.41, 5.74) is 0.429. The average molecular weight is 220 g/mol. The van der Waals surface area contributed by atoms with Crippen molar-refractivity contribution in [3.05, 3.63) is 24.3 Å². The Morgan fingerprint density at radius 2 is 1.94 bits per heavy atom.